The van der Waals surface area contributed by atoms with Crippen LogP contribution in [0.1, 0.15) is 71.7 Å². The zero-order chi connectivity index (χ0) is 32.2. The van der Waals surface area contributed by atoms with Crippen LogP contribution in [-0.2, 0) is 35.4 Å². The van der Waals surface area contributed by atoms with Gasteiger partial charge in [-0.2, -0.15) is 4.99 Å². The average Bonchev–Trinajstić information content (AvgIpc) is 3.89. The van der Waals surface area contributed by atoms with Crippen molar-refractivity contribution in [3.63, 3.8) is 0 Å². The number of benzene rings is 1. The topological polar surface area (TPSA) is 163 Å². The lowest BCUT2D eigenvalue weighted by Gasteiger charge is -2.28. The van der Waals surface area contributed by atoms with Gasteiger partial charge < -0.3 is 29.6 Å². The van der Waals surface area contributed by atoms with Crippen molar-refractivity contribution in [1.82, 2.24) is 25.3 Å². The van der Waals surface area contributed by atoms with Crippen molar-refractivity contribution in [1.29, 1.82) is 0 Å². The molecule has 15 heteroatoms. The summed E-state index contributed by atoms with van der Waals surface area (Å²) in [5, 5.41) is 9.76. The molecule has 13 nitrogen and oxygen atoms in total. The van der Waals surface area contributed by atoms with E-state index in [-0.39, 0.29) is 25.5 Å². The van der Waals surface area contributed by atoms with Gasteiger partial charge in [0.05, 0.1) is 18.1 Å². The lowest BCUT2D eigenvalue weighted by Crippen LogP contribution is -2.44. The van der Waals surface area contributed by atoms with Crippen LogP contribution < -0.4 is 26.0 Å². The lowest BCUT2D eigenvalue weighted by molar-refractivity contribution is -0.150. The Labute approximate surface area is 268 Å². The van der Waals surface area contributed by atoms with Gasteiger partial charge in [0.2, 0.25) is 0 Å². The molecule has 2 aromatic rings. The van der Waals surface area contributed by atoms with E-state index in [4.69, 9.17) is 36.1 Å². The van der Waals surface area contributed by atoms with E-state index >= 15 is 0 Å². The van der Waals surface area contributed by atoms with E-state index in [1.54, 1.807) is 25.4 Å². The van der Waals surface area contributed by atoms with E-state index in [2.05, 4.69) is 25.7 Å². The molecule has 1 aromatic heterocycles. The summed E-state index contributed by atoms with van der Waals surface area (Å²) >= 11 is 5.94. The standard InChI is InChI=1S/C30H42N7O6PS/c1-5-9-19(2)42-28(39)20(3)36-44(45,43-24-10-7-6-8-11-24)41-17-30(16-40-21(4)38)14-22(30)15-37-18-32-25-26(33-23-12-13-23)34-29(31)35-27(25)37/h6-8,10-11,15,18-20,23,26,33H,5,9,12-14,16-17H2,1-4H3,(H,36,45)(H3,31,34,35)/b22-15-/t19-,20-,26?,30-,44?/m0/s1. The zero-order valence-electron chi connectivity index (χ0n) is 26.0. The quantitative estimate of drug-likeness (QED) is 0.152. The number of aliphatic imine (C=N–C) groups is 1. The van der Waals surface area contributed by atoms with E-state index < -0.39 is 30.0 Å². The van der Waals surface area contributed by atoms with Crippen LogP contribution in [-0.4, -0.2) is 58.9 Å². The third kappa shape index (κ3) is 8.71. The molecule has 1 aromatic carbocycles. The van der Waals surface area contributed by atoms with Crippen molar-refractivity contribution in [3.05, 3.63) is 47.9 Å². The second-order valence-electron chi connectivity index (χ2n) is 11.8. The predicted molar refractivity (Wildman–Crippen MR) is 174 cm³/mol. The summed E-state index contributed by atoms with van der Waals surface area (Å²) in [6.07, 6.45) is 7.59. The first-order valence-corrected chi connectivity index (χ1v) is 17.9. The van der Waals surface area contributed by atoms with Crippen LogP contribution in [0.3, 0.4) is 0 Å². The maximum atomic E-state index is 12.9. The van der Waals surface area contributed by atoms with Crippen molar-refractivity contribution in [3.8, 4) is 5.75 Å². The number of nitrogens with two attached hydrogens (primary N) is 1. The Bertz CT molecular complexity index is 1500. The number of fused-ring (bicyclic) bond motifs is 1. The van der Waals surface area contributed by atoms with Gasteiger partial charge in [0.1, 0.15) is 36.6 Å². The minimum Gasteiger partial charge on any atom is -0.465 e. The van der Waals surface area contributed by atoms with Crippen LogP contribution in [0.4, 0.5) is 5.82 Å². The molecule has 0 spiro atoms. The summed E-state index contributed by atoms with van der Waals surface area (Å²) in [6, 6.07) is 8.69. The summed E-state index contributed by atoms with van der Waals surface area (Å²) in [4.78, 5) is 33.8. The van der Waals surface area contributed by atoms with Crippen molar-refractivity contribution in [2.45, 2.75) is 84.2 Å². The Kier molecular flexibility index (Phi) is 10.3. The zero-order valence-corrected chi connectivity index (χ0v) is 27.7. The number of nitrogens with zero attached hydrogens (tertiary/aromatic N) is 3. The summed E-state index contributed by atoms with van der Waals surface area (Å²) in [7, 11) is 0. The first-order chi connectivity index (χ1) is 21.5. The molecule has 0 saturated heterocycles. The second kappa shape index (κ2) is 14.0. The molecule has 5 N–H and O–H groups in total. The van der Waals surface area contributed by atoms with Gasteiger partial charge in [-0.3, -0.25) is 19.5 Å². The number of carbonyl (C=O) groups is 2. The van der Waals surface area contributed by atoms with Gasteiger partial charge in [-0.05, 0) is 69.0 Å². The molecule has 3 aliphatic rings. The molecule has 2 aliphatic carbocycles. The predicted octanol–water partition coefficient (Wildman–Crippen LogP) is 4.01. The number of carbonyl (C=O) groups excluding carboxylic acids is 2. The lowest BCUT2D eigenvalue weighted by atomic mass is 10.1. The highest BCUT2D eigenvalue weighted by Crippen LogP contribution is 2.57. The number of hydrogen-bond donors (Lipinski definition) is 4. The number of imidazole rings is 1. The number of hydrogen-bond acceptors (Lipinski definition) is 12. The van der Waals surface area contributed by atoms with Gasteiger partial charge >= 0.3 is 18.6 Å². The third-order valence-electron chi connectivity index (χ3n) is 7.70. The first-order valence-electron chi connectivity index (χ1n) is 15.2. The largest absolute Gasteiger partial charge is 0.465 e. The van der Waals surface area contributed by atoms with E-state index in [1.165, 1.54) is 6.92 Å². The van der Waals surface area contributed by atoms with Crippen LogP contribution in [0.25, 0.3) is 6.20 Å². The van der Waals surface area contributed by atoms with Crippen LogP contribution >= 0.6 is 6.64 Å². The smallest absolute Gasteiger partial charge is 0.323 e. The SMILES string of the molecule is CCC[C@H](C)OC(=O)[C@H](C)NP(=S)(OC[C@@]1(COC(C)=O)C/C1=C/n1cnc2c1N=C(N)NC2NC1CC1)Oc1ccccc1. The van der Waals surface area contributed by atoms with Gasteiger partial charge in [0, 0.05) is 19.2 Å². The van der Waals surface area contributed by atoms with Gasteiger partial charge in [0.15, 0.2) is 11.8 Å². The minimum atomic E-state index is -3.31. The fourth-order valence-electron chi connectivity index (χ4n) is 4.97. The monoisotopic (exact) mass is 659 g/mol. The molecule has 0 radical (unpaired) electrons. The highest BCUT2D eigenvalue weighted by molar-refractivity contribution is 8.09. The third-order valence-corrected chi connectivity index (χ3v) is 10.2. The molecule has 45 heavy (non-hydrogen) atoms. The van der Waals surface area contributed by atoms with Gasteiger partial charge in [-0.15, -0.1) is 0 Å². The number of ether oxygens (including phenoxy) is 2. The first kappa shape index (κ1) is 33.1. The fraction of sp³-hybridized carbons (Fsp3) is 0.533. The number of rotatable bonds is 16. The molecule has 0 bridgehead atoms. The Morgan fingerprint density at radius 3 is 2.71 bits per heavy atom. The summed E-state index contributed by atoms with van der Waals surface area (Å²) in [6.45, 7) is 3.77. The van der Waals surface area contributed by atoms with Gasteiger partial charge in [0.25, 0.3) is 0 Å². The average molecular weight is 660 g/mol. The molecule has 1 aliphatic heterocycles. The number of guanidine groups is 1. The number of nitrogens with one attached hydrogen (secondary N) is 3. The van der Waals surface area contributed by atoms with Crippen molar-refractivity contribution in [2.75, 3.05) is 13.2 Å². The fourth-order valence-corrected chi connectivity index (χ4v) is 7.43. The summed E-state index contributed by atoms with van der Waals surface area (Å²) in [5.41, 5.74) is 7.14. The van der Waals surface area contributed by atoms with Crippen LogP contribution in [0.15, 0.2) is 47.2 Å². The van der Waals surface area contributed by atoms with Gasteiger partial charge in [-0.1, -0.05) is 31.5 Å². The molecular weight excluding hydrogens is 617 g/mol. The van der Waals surface area contributed by atoms with E-state index in [0.29, 0.717) is 30.0 Å². The van der Waals surface area contributed by atoms with Gasteiger partial charge in [-0.25, -0.2) is 10.1 Å². The van der Waals surface area contributed by atoms with E-state index in [1.807, 2.05) is 42.8 Å². The summed E-state index contributed by atoms with van der Waals surface area (Å²) < 4.78 is 25.5. The molecule has 2 saturated carbocycles. The molecule has 5 rings (SSSR count). The van der Waals surface area contributed by atoms with Crippen molar-refractivity contribution >= 4 is 48.4 Å². The van der Waals surface area contributed by atoms with E-state index in [9.17, 15) is 9.59 Å². The van der Waals surface area contributed by atoms with Crippen molar-refractivity contribution < 1.29 is 28.1 Å². The molecule has 244 valence electrons. The normalized spacial score (nSPS) is 24.0. The summed E-state index contributed by atoms with van der Waals surface area (Å²) in [5.74, 6) is 0.564. The molecule has 2 fully saturated rings. The van der Waals surface area contributed by atoms with Crippen LogP contribution in [0, 0.1) is 5.41 Å². The Morgan fingerprint density at radius 1 is 1.27 bits per heavy atom. The molecule has 2 unspecified atom stereocenters. The highest BCUT2D eigenvalue weighted by atomic mass is 32.5. The maximum absolute atomic E-state index is 12.9. The highest BCUT2D eigenvalue weighted by Gasteiger charge is 2.52. The van der Waals surface area contributed by atoms with Crippen LogP contribution in [0.5, 0.6) is 5.75 Å². The maximum Gasteiger partial charge on any atom is 0.323 e. The minimum absolute atomic E-state index is 0.0763. The van der Waals surface area contributed by atoms with Crippen LogP contribution in [0.2, 0.25) is 0 Å². The number of esters is 2. The molecule has 5 atom stereocenters. The second-order valence-corrected chi connectivity index (χ2v) is 15.0. The number of para-hydroxylation sites is 1. The van der Waals surface area contributed by atoms with E-state index in [0.717, 1.165) is 37.0 Å². The number of aromatic nitrogens is 2. The Balaban J connectivity index is 1.35. The van der Waals surface area contributed by atoms with Crippen molar-refractivity contribution in [2.24, 2.45) is 16.1 Å². The molecule has 0 amide bonds. The Morgan fingerprint density at radius 2 is 2.02 bits per heavy atom. The molecular formula is C30H42N7O6PS. The Hall–Kier alpha value is -3.29. The molecule has 2 heterocycles.